The molecule has 1 aliphatic carbocycles. The van der Waals surface area contributed by atoms with Gasteiger partial charge in [0, 0.05) is 16.8 Å². The van der Waals surface area contributed by atoms with Crippen LogP contribution in [0.3, 0.4) is 0 Å². The smallest absolute Gasteiger partial charge is 0.192 e. The third-order valence-corrected chi connectivity index (χ3v) is 3.26. The molecule has 0 unspecified atom stereocenters. The molecule has 1 aromatic rings. The van der Waals surface area contributed by atoms with Crippen LogP contribution in [0.15, 0.2) is 18.3 Å². The lowest BCUT2D eigenvalue weighted by Crippen LogP contribution is -2.04. The van der Waals surface area contributed by atoms with E-state index in [1.807, 2.05) is 18.3 Å². The van der Waals surface area contributed by atoms with Crippen molar-refractivity contribution < 1.29 is 4.74 Å². The van der Waals surface area contributed by atoms with Crippen molar-refractivity contribution in [3.8, 4) is 5.88 Å². The third kappa shape index (κ3) is 3.34. The summed E-state index contributed by atoms with van der Waals surface area (Å²) >= 11 is 5.06. The number of nitrogens with one attached hydrogen (secondary N) is 1. The molecule has 0 aliphatic heterocycles. The summed E-state index contributed by atoms with van der Waals surface area (Å²) in [5.74, 6) is 1.68. The third-order valence-electron chi connectivity index (χ3n) is 3.00. The lowest BCUT2D eigenvalue weighted by molar-refractivity contribution is 0.270. The van der Waals surface area contributed by atoms with E-state index in [4.69, 9.17) is 17.0 Å². The van der Waals surface area contributed by atoms with E-state index < -0.39 is 0 Å². The zero-order chi connectivity index (χ0) is 10.5. The van der Waals surface area contributed by atoms with Crippen LogP contribution in [-0.2, 0) is 0 Å². The summed E-state index contributed by atoms with van der Waals surface area (Å²) in [5, 5.41) is 0. The van der Waals surface area contributed by atoms with Gasteiger partial charge in [-0.1, -0.05) is 37.9 Å². The Balaban J connectivity index is 1.75. The summed E-state index contributed by atoms with van der Waals surface area (Å²) in [5.41, 5.74) is 0. The quantitative estimate of drug-likeness (QED) is 0.787. The van der Waals surface area contributed by atoms with Crippen molar-refractivity contribution in [1.82, 2.24) is 4.98 Å². The topological polar surface area (TPSA) is 25.0 Å². The molecule has 1 saturated carbocycles. The highest BCUT2D eigenvalue weighted by Gasteiger charge is 2.14. The first-order valence-electron chi connectivity index (χ1n) is 5.66. The molecule has 1 aromatic heterocycles. The number of hydrogen-bond acceptors (Lipinski definition) is 2. The van der Waals surface area contributed by atoms with Gasteiger partial charge in [-0.2, -0.15) is 0 Å². The highest BCUT2D eigenvalue weighted by Crippen LogP contribution is 2.27. The minimum Gasteiger partial charge on any atom is -0.479 e. The van der Waals surface area contributed by atoms with E-state index in [9.17, 15) is 0 Å². The van der Waals surface area contributed by atoms with Gasteiger partial charge in [0.05, 0.1) is 6.61 Å². The number of pyridine rings is 1. The lowest BCUT2D eigenvalue weighted by atomic mass is 10.1. The maximum atomic E-state index is 5.63. The Morgan fingerprint density at radius 3 is 2.93 bits per heavy atom. The van der Waals surface area contributed by atoms with Crippen LogP contribution in [0.2, 0.25) is 0 Å². The molecule has 0 amide bonds. The van der Waals surface area contributed by atoms with Crippen LogP contribution < -0.4 is 4.74 Å². The zero-order valence-corrected chi connectivity index (χ0v) is 9.69. The van der Waals surface area contributed by atoms with E-state index >= 15 is 0 Å². The van der Waals surface area contributed by atoms with E-state index in [2.05, 4.69) is 4.98 Å². The zero-order valence-electron chi connectivity index (χ0n) is 8.87. The fourth-order valence-corrected chi connectivity index (χ4v) is 2.32. The second-order valence-electron chi connectivity index (χ2n) is 4.18. The van der Waals surface area contributed by atoms with Crippen molar-refractivity contribution in [2.75, 3.05) is 6.61 Å². The van der Waals surface area contributed by atoms with E-state index in [1.54, 1.807) is 0 Å². The number of H-pyrrole nitrogens is 1. The highest BCUT2D eigenvalue weighted by molar-refractivity contribution is 7.71. The molecule has 2 rings (SSSR count). The Morgan fingerprint density at radius 2 is 2.20 bits per heavy atom. The van der Waals surface area contributed by atoms with Crippen molar-refractivity contribution in [3.63, 3.8) is 0 Å². The Hall–Kier alpha value is -0.830. The van der Waals surface area contributed by atoms with Gasteiger partial charge < -0.3 is 9.72 Å². The van der Waals surface area contributed by atoms with E-state index in [0.29, 0.717) is 0 Å². The molecule has 15 heavy (non-hydrogen) atoms. The van der Waals surface area contributed by atoms with E-state index in [1.165, 1.54) is 32.1 Å². The molecular weight excluding hydrogens is 206 g/mol. The molecule has 1 N–H and O–H groups in total. The van der Waals surface area contributed by atoms with Gasteiger partial charge in [-0.15, -0.1) is 0 Å². The Bertz CT molecular complexity index is 355. The Kier molecular flexibility index (Phi) is 3.78. The largest absolute Gasteiger partial charge is 0.479 e. The molecule has 0 atom stereocenters. The predicted molar refractivity (Wildman–Crippen MR) is 63.7 cm³/mol. The monoisotopic (exact) mass is 223 g/mol. The van der Waals surface area contributed by atoms with E-state index in [-0.39, 0.29) is 0 Å². The second kappa shape index (κ2) is 5.31. The molecule has 1 aliphatic rings. The van der Waals surface area contributed by atoms with Crippen LogP contribution in [0.5, 0.6) is 5.88 Å². The van der Waals surface area contributed by atoms with Gasteiger partial charge in [-0.25, -0.2) is 0 Å². The average molecular weight is 223 g/mol. The molecule has 1 heterocycles. The Morgan fingerprint density at radius 1 is 1.40 bits per heavy atom. The molecule has 0 radical (unpaired) electrons. The number of ether oxygens (including phenoxy) is 1. The first kappa shape index (κ1) is 10.7. The molecule has 1 fully saturated rings. The summed E-state index contributed by atoms with van der Waals surface area (Å²) in [6.45, 7) is 0.806. The molecular formula is C12H17NOS. The van der Waals surface area contributed by atoms with E-state index in [0.717, 1.165) is 22.9 Å². The van der Waals surface area contributed by atoms with Crippen LogP contribution in [0.4, 0.5) is 0 Å². The standard InChI is InChI=1S/C12H17NOS/c15-11-5-7-13-12(9-11)14-8-6-10-3-1-2-4-10/h5,7,9-10H,1-4,6,8H2,(H,13,15). The minimum absolute atomic E-state index is 0.792. The average Bonchev–Trinajstić information content (AvgIpc) is 2.71. The van der Waals surface area contributed by atoms with Crippen molar-refractivity contribution in [1.29, 1.82) is 0 Å². The summed E-state index contributed by atoms with van der Waals surface area (Å²) in [6.07, 6.45) is 8.57. The van der Waals surface area contributed by atoms with Gasteiger partial charge in [0.15, 0.2) is 5.88 Å². The normalized spacial score (nSPS) is 16.8. The van der Waals surface area contributed by atoms with Crippen molar-refractivity contribution in [2.24, 2.45) is 5.92 Å². The number of hydrogen-bond donors (Lipinski definition) is 1. The molecule has 0 saturated heterocycles. The molecule has 82 valence electrons. The fourth-order valence-electron chi connectivity index (χ4n) is 2.14. The minimum atomic E-state index is 0.792. The number of aromatic amines is 1. The van der Waals surface area contributed by atoms with Gasteiger partial charge in [0.25, 0.3) is 0 Å². The van der Waals surface area contributed by atoms with Crippen molar-refractivity contribution in [3.05, 3.63) is 22.8 Å². The van der Waals surface area contributed by atoms with Crippen LogP contribution in [0.1, 0.15) is 32.1 Å². The maximum Gasteiger partial charge on any atom is 0.192 e. The Labute approximate surface area is 95.7 Å². The van der Waals surface area contributed by atoms with Gasteiger partial charge in [0.1, 0.15) is 0 Å². The van der Waals surface area contributed by atoms with Crippen LogP contribution in [-0.4, -0.2) is 11.6 Å². The van der Waals surface area contributed by atoms with Crippen LogP contribution in [0, 0.1) is 10.4 Å². The molecule has 2 nitrogen and oxygen atoms in total. The molecule has 0 spiro atoms. The summed E-state index contributed by atoms with van der Waals surface area (Å²) in [4.78, 5) is 3.05. The predicted octanol–water partition coefficient (Wildman–Crippen LogP) is 3.70. The van der Waals surface area contributed by atoms with Gasteiger partial charge in [-0.05, 0) is 18.4 Å². The lowest BCUT2D eigenvalue weighted by Gasteiger charge is -2.09. The first-order valence-corrected chi connectivity index (χ1v) is 6.07. The maximum absolute atomic E-state index is 5.63. The fraction of sp³-hybridized carbons (Fsp3) is 0.583. The van der Waals surface area contributed by atoms with Gasteiger partial charge in [0.2, 0.25) is 0 Å². The molecule has 3 heteroatoms. The van der Waals surface area contributed by atoms with Gasteiger partial charge in [-0.3, -0.25) is 0 Å². The van der Waals surface area contributed by atoms with Crippen LogP contribution in [0.25, 0.3) is 0 Å². The molecule has 0 aromatic carbocycles. The highest BCUT2D eigenvalue weighted by atomic mass is 32.1. The van der Waals surface area contributed by atoms with Crippen LogP contribution >= 0.6 is 12.2 Å². The summed E-state index contributed by atoms with van der Waals surface area (Å²) in [7, 11) is 0. The second-order valence-corrected chi connectivity index (χ2v) is 4.65. The van der Waals surface area contributed by atoms with Crippen molar-refractivity contribution >= 4 is 12.2 Å². The summed E-state index contributed by atoms with van der Waals surface area (Å²) < 4.78 is 6.45. The van der Waals surface area contributed by atoms with Crippen molar-refractivity contribution in [2.45, 2.75) is 32.1 Å². The SMILES string of the molecule is S=c1cc[nH]c(OCCC2CCCC2)c1. The first-order chi connectivity index (χ1) is 7.34. The molecule has 0 bridgehead atoms. The number of rotatable bonds is 4. The number of aromatic nitrogens is 1. The van der Waals surface area contributed by atoms with Gasteiger partial charge >= 0.3 is 0 Å². The summed E-state index contributed by atoms with van der Waals surface area (Å²) in [6, 6.07) is 3.73.